The van der Waals surface area contributed by atoms with Gasteiger partial charge in [-0.15, -0.1) is 5.10 Å². The zero-order chi connectivity index (χ0) is 23.5. The van der Waals surface area contributed by atoms with E-state index in [1.807, 2.05) is 19.1 Å². The number of rotatable bonds is 7. The third-order valence-electron chi connectivity index (χ3n) is 5.08. The maximum Gasteiger partial charge on any atom is 0.338 e. The van der Waals surface area contributed by atoms with E-state index < -0.39 is 18.0 Å². The van der Waals surface area contributed by atoms with Crippen LogP contribution in [0, 0.1) is 0 Å². The van der Waals surface area contributed by atoms with Gasteiger partial charge in [-0.2, -0.15) is 4.98 Å². The fourth-order valence-electron chi connectivity index (χ4n) is 3.51. The zero-order valence-corrected chi connectivity index (χ0v) is 19.5. The fourth-order valence-corrected chi connectivity index (χ4v) is 4.42. The van der Waals surface area contributed by atoms with Crippen molar-refractivity contribution in [2.24, 2.45) is 0 Å². The van der Waals surface area contributed by atoms with E-state index in [1.54, 1.807) is 48.0 Å². The number of hydrogen-bond donors (Lipinski definition) is 2. The van der Waals surface area contributed by atoms with Crippen LogP contribution < -0.4 is 5.32 Å². The number of carbonyl (C=O) groups excluding carboxylic acids is 1. The molecule has 170 valence electrons. The number of aromatic nitrogens is 3. The summed E-state index contributed by atoms with van der Waals surface area (Å²) in [6, 6.07) is 13.4. The second-order valence-corrected chi connectivity index (χ2v) is 8.67. The lowest BCUT2D eigenvalue weighted by Gasteiger charge is -2.28. The molecule has 1 aliphatic heterocycles. The highest BCUT2D eigenvalue weighted by atomic mass is 35.5. The van der Waals surface area contributed by atoms with Crippen molar-refractivity contribution in [1.82, 2.24) is 14.8 Å². The molecular weight excluding hydrogens is 464 g/mol. The van der Waals surface area contributed by atoms with Gasteiger partial charge in [0.05, 0.1) is 17.7 Å². The Kier molecular flexibility index (Phi) is 6.71. The number of allylic oxidation sites excluding steroid dienone is 1. The van der Waals surface area contributed by atoms with Crippen LogP contribution in [0.2, 0.25) is 5.02 Å². The Morgan fingerprint density at radius 2 is 1.88 bits per heavy atom. The van der Waals surface area contributed by atoms with Crippen LogP contribution in [-0.2, 0) is 15.3 Å². The average molecular weight is 485 g/mol. The standard InChI is InChI=1S/C23H21ClN4O4S/c1-3-32-21(31)18-13(2)25-22-26-23(33-12-14-4-6-16(7-5-14)20(29)30)27-28(22)19(18)15-8-10-17(24)11-9-15/h4-11,19H,3,12H2,1-2H3,(H,29,30)(H,25,26,27)/t19-/m1/s1. The van der Waals surface area contributed by atoms with Crippen molar-refractivity contribution >= 4 is 41.2 Å². The molecule has 0 unspecified atom stereocenters. The summed E-state index contributed by atoms with van der Waals surface area (Å²) in [7, 11) is 0. The number of anilines is 1. The number of carbonyl (C=O) groups is 2. The van der Waals surface area contributed by atoms with Gasteiger partial charge in [-0.3, -0.25) is 0 Å². The first kappa shape index (κ1) is 22.9. The maximum absolute atomic E-state index is 12.8. The second-order valence-electron chi connectivity index (χ2n) is 7.29. The van der Waals surface area contributed by atoms with Crippen LogP contribution in [0.15, 0.2) is 65.0 Å². The van der Waals surface area contributed by atoms with Crippen LogP contribution in [-0.4, -0.2) is 38.4 Å². The Hall–Kier alpha value is -3.30. The molecule has 3 aromatic rings. The Bertz CT molecular complexity index is 1220. The van der Waals surface area contributed by atoms with Crippen LogP contribution >= 0.6 is 23.4 Å². The summed E-state index contributed by atoms with van der Waals surface area (Å²) in [5.41, 5.74) is 3.12. The van der Waals surface area contributed by atoms with Crippen LogP contribution in [0.3, 0.4) is 0 Å². The van der Waals surface area contributed by atoms with Crippen LogP contribution in [0.1, 0.15) is 41.4 Å². The van der Waals surface area contributed by atoms with Crippen LogP contribution in [0.25, 0.3) is 0 Å². The highest BCUT2D eigenvalue weighted by molar-refractivity contribution is 7.98. The molecular formula is C23H21ClN4O4S. The van der Waals surface area contributed by atoms with Gasteiger partial charge in [0, 0.05) is 16.5 Å². The second kappa shape index (κ2) is 9.68. The topological polar surface area (TPSA) is 106 Å². The molecule has 4 rings (SSSR count). The lowest BCUT2D eigenvalue weighted by atomic mass is 9.96. The van der Waals surface area contributed by atoms with Gasteiger partial charge in [0.15, 0.2) is 0 Å². The largest absolute Gasteiger partial charge is 0.478 e. The van der Waals surface area contributed by atoms with Gasteiger partial charge in [-0.1, -0.05) is 47.6 Å². The van der Waals surface area contributed by atoms with Crippen molar-refractivity contribution in [2.45, 2.75) is 30.8 Å². The molecule has 1 aliphatic rings. The molecule has 0 bridgehead atoms. The molecule has 0 spiro atoms. The summed E-state index contributed by atoms with van der Waals surface area (Å²) in [6.07, 6.45) is 0. The molecule has 8 nitrogen and oxygen atoms in total. The average Bonchev–Trinajstić information content (AvgIpc) is 3.20. The molecule has 10 heteroatoms. The number of nitrogens with zero attached hydrogens (tertiary/aromatic N) is 3. The summed E-state index contributed by atoms with van der Waals surface area (Å²) < 4.78 is 6.99. The Balaban J connectivity index is 1.63. The number of aromatic carboxylic acids is 1. The Labute approximate surface area is 199 Å². The Morgan fingerprint density at radius 3 is 2.52 bits per heavy atom. The first-order chi connectivity index (χ1) is 15.9. The molecule has 0 saturated carbocycles. The minimum atomic E-state index is -0.961. The number of esters is 1. The summed E-state index contributed by atoms with van der Waals surface area (Å²) in [6.45, 7) is 3.83. The summed E-state index contributed by atoms with van der Waals surface area (Å²) in [5.74, 6) is -0.302. The molecule has 1 aromatic heterocycles. The third kappa shape index (κ3) is 4.89. The number of benzene rings is 2. The zero-order valence-electron chi connectivity index (χ0n) is 17.9. The van der Waals surface area contributed by atoms with Gasteiger partial charge >= 0.3 is 11.9 Å². The number of carboxylic acids is 1. The lowest BCUT2D eigenvalue weighted by Crippen LogP contribution is -2.29. The van der Waals surface area contributed by atoms with Gasteiger partial charge < -0.3 is 15.2 Å². The normalized spacial score (nSPS) is 15.1. The maximum atomic E-state index is 12.8. The number of thioether (sulfide) groups is 1. The highest BCUT2D eigenvalue weighted by Gasteiger charge is 2.35. The number of carboxylic acid groups (broad SMARTS) is 1. The number of nitrogens with one attached hydrogen (secondary N) is 1. The fraction of sp³-hybridized carbons (Fsp3) is 0.217. The van der Waals surface area contributed by atoms with Gasteiger partial charge in [0.25, 0.3) is 0 Å². The van der Waals surface area contributed by atoms with E-state index in [9.17, 15) is 9.59 Å². The SMILES string of the molecule is CCOC(=O)C1=C(C)Nc2nc(SCc3ccc(C(=O)O)cc3)nn2[C@@H]1c1ccc(Cl)cc1. The predicted octanol–water partition coefficient (Wildman–Crippen LogP) is 4.77. The minimum Gasteiger partial charge on any atom is -0.478 e. The van der Waals surface area contributed by atoms with Crippen LogP contribution in [0.4, 0.5) is 5.95 Å². The highest BCUT2D eigenvalue weighted by Crippen LogP contribution is 2.37. The van der Waals surface area contributed by atoms with Crippen molar-refractivity contribution in [3.05, 3.63) is 81.5 Å². The van der Waals surface area contributed by atoms with E-state index >= 15 is 0 Å². The molecule has 0 fully saturated rings. The van der Waals surface area contributed by atoms with Gasteiger partial charge in [-0.05, 0) is 49.2 Å². The number of ether oxygens (including phenoxy) is 1. The first-order valence-electron chi connectivity index (χ1n) is 10.2. The Morgan fingerprint density at radius 1 is 1.18 bits per heavy atom. The predicted molar refractivity (Wildman–Crippen MR) is 126 cm³/mol. The molecule has 0 saturated heterocycles. The van der Waals surface area contributed by atoms with Gasteiger partial charge in [0.2, 0.25) is 11.1 Å². The van der Waals surface area contributed by atoms with E-state index in [1.165, 1.54) is 11.8 Å². The minimum absolute atomic E-state index is 0.238. The van der Waals surface area contributed by atoms with Gasteiger partial charge in [-0.25, -0.2) is 14.3 Å². The first-order valence-corrected chi connectivity index (χ1v) is 11.6. The molecule has 2 N–H and O–H groups in total. The summed E-state index contributed by atoms with van der Waals surface area (Å²) in [5, 5.41) is 18.0. The molecule has 0 aliphatic carbocycles. The third-order valence-corrected chi connectivity index (χ3v) is 6.24. The summed E-state index contributed by atoms with van der Waals surface area (Å²) in [4.78, 5) is 28.4. The van der Waals surface area contributed by atoms with Crippen molar-refractivity contribution in [3.63, 3.8) is 0 Å². The van der Waals surface area contributed by atoms with E-state index in [2.05, 4.69) is 15.4 Å². The molecule has 2 aromatic carbocycles. The van der Waals surface area contributed by atoms with Crippen LogP contribution in [0.5, 0.6) is 0 Å². The molecule has 1 atom stereocenters. The number of hydrogen-bond acceptors (Lipinski definition) is 7. The monoisotopic (exact) mass is 484 g/mol. The van der Waals surface area contributed by atoms with Crippen molar-refractivity contribution in [3.8, 4) is 0 Å². The van der Waals surface area contributed by atoms with Gasteiger partial charge in [0.1, 0.15) is 6.04 Å². The number of halogens is 1. The summed E-state index contributed by atoms with van der Waals surface area (Å²) >= 11 is 7.49. The van der Waals surface area contributed by atoms with Crippen molar-refractivity contribution in [1.29, 1.82) is 0 Å². The molecule has 2 heterocycles. The lowest BCUT2D eigenvalue weighted by molar-refractivity contribution is -0.139. The smallest absolute Gasteiger partial charge is 0.338 e. The molecule has 0 amide bonds. The number of fused-ring (bicyclic) bond motifs is 1. The van der Waals surface area contributed by atoms with Crippen molar-refractivity contribution < 1.29 is 19.4 Å². The molecule has 33 heavy (non-hydrogen) atoms. The van der Waals surface area contributed by atoms with Crippen molar-refractivity contribution in [2.75, 3.05) is 11.9 Å². The molecule has 0 radical (unpaired) electrons. The van der Waals surface area contributed by atoms with E-state index in [-0.39, 0.29) is 12.2 Å². The quantitative estimate of drug-likeness (QED) is 0.364. The van der Waals surface area contributed by atoms with E-state index in [0.717, 1.165) is 11.1 Å². The van der Waals surface area contributed by atoms with E-state index in [0.29, 0.717) is 33.2 Å². The van der Waals surface area contributed by atoms with E-state index in [4.69, 9.17) is 21.4 Å².